The number of ether oxygens (including phenoxy) is 1. The van der Waals surface area contributed by atoms with E-state index in [9.17, 15) is 9.59 Å². The molecule has 1 aliphatic rings. The van der Waals surface area contributed by atoms with Gasteiger partial charge >= 0.3 is 6.09 Å². The summed E-state index contributed by atoms with van der Waals surface area (Å²) in [5.74, 6) is 0.279. The molecule has 0 aliphatic carbocycles. The van der Waals surface area contributed by atoms with E-state index in [-0.39, 0.29) is 5.91 Å². The number of carbonyl (C=O) groups excluding carboxylic acids is 2. The summed E-state index contributed by atoms with van der Waals surface area (Å²) in [6, 6.07) is 4.78. The number of amides is 2. The van der Waals surface area contributed by atoms with Crippen molar-refractivity contribution in [3.05, 3.63) is 36.0 Å². The highest BCUT2D eigenvalue weighted by Crippen LogP contribution is 2.30. The first-order valence-electron chi connectivity index (χ1n) is 9.01. The molecule has 144 valence electrons. The minimum atomic E-state index is -0.613. The Morgan fingerprint density at radius 1 is 1.22 bits per heavy atom. The fourth-order valence-electron chi connectivity index (χ4n) is 2.99. The molecule has 1 saturated heterocycles. The van der Waals surface area contributed by atoms with Gasteiger partial charge in [-0.1, -0.05) is 6.07 Å². The third-order valence-electron chi connectivity index (χ3n) is 4.13. The van der Waals surface area contributed by atoms with Crippen molar-refractivity contribution in [2.75, 3.05) is 11.4 Å². The van der Waals surface area contributed by atoms with Gasteiger partial charge in [0.1, 0.15) is 17.5 Å². The molecule has 3 rings (SSSR count). The molecule has 2 aromatic heterocycles. The van der Waals surface area contributed by atoms with Crippen LogP contribution in [0.25, 0.3) is 0 Å². The predicted molar refractivity (Wildman–Crippen MR) is 104 cm³/mol. The first-order valence-corrected chi connectivity index (χ1v) is 9.89. The summed E-state index contributed by atoms with van der Waals surface area (Å²) in [6.45, 7) is 5.96. The van der Waals surface area contributed by atoms with Gasteiger partial charge in [-0.2, -0.15) is 0 Å². The predicted octanol–water partition coefficient (Wildman–Crippen LogP) is 3.99. The molecule has 0 bridgehead atoms. The standard InChI is InChI=1S/C19H24N4O3S/c1-19(2,3)26-18(25)22-12-7-5-8-14(22)16(24)23(17-21-11-13-27-17)15-9-4-6-10-20-15/h4,6,9-11,13-14H,5,7-8,12H2,1-3H3. The molecular weight excluding hydrogens is 364 g/mol. The van der Waals surface area contributed by atoms with E-state index < -0.39 is 17.7 Å². The van der Waals surface area contributed by atoms with Crippen LogP contribution in [0.1, 0.15) is 40.0 Å². The van der Waals surface area contributed by atoms with Crippen LogP contribution in [0.15, 0.2) is 36.0 Å². The van der Waals surface area contributed by atoms with Crippen molar-refractivity contribution in [2.24, 2.45) is 0 Å². The van der Waals surface area contributed by atoms with Crippen LogP contribution >= 0.6 is 11.3 Å². The Hall–Kier alpha value is -2.48. The molecule has 1 unspecified atom stereocenters. The van der Waals surface area contributed by atoms with Gasteiger partial charge in [0.05, 0.1) is 0 Å². The molecule has 2 amide bonds. The molecule has 2 aromatic rings. The van der Waals surface area contributed by atoms with Gasteiger partial charge < -0.3 is 4.74 Å². The lowest BCUT2D eigenvalue weighted by Crippen LogP contribution is -2.53. The summed E-state index contributed by atoms with van der Waals surface area (Å²) in [4.78, 5) is 37.8. The van der Waals surface area contributed by atoms with Crippen molar-refractivity contribution in [2.45, 2.75) is 51.7 Å². The molecule has 7 nitrogen and oxygen atoms in total. The summed E-state index contributed by atoms with van der Waals surface area (Å²) >= 11 is 1.36. The molecule has 0 aromatic carbocycles. The third-order valence-corrected chi connectivity index (χ3v) is 4.88. The molecule has 0 radical (unpaired) electrons. The first kappa shape index (κ1) is 19.3. The van der Waals surface area contributed by atoms with Crippen LogP contribution in [-0.4, -0.2) is 45.1 Å². The van der Waals surface area contributed by atoms with E-state index in [2.05, 4.69) is 9.97 Å². The zero-order chi connectivity index (χ0) is 19.4. The van der Waals surface area contributed by atoms with Crippen molar-refractivity contribution in [1.29, 1.82) is 0 Å². The number of rotatable bonds is 3. The molecule has 27 heavy (non-hydrogen) atoms. The second-order valence-corrected chi connectivity index (χ2v) is 8.23. The lowest BCUT2D eigenvalue weighted by molar-refractivity contribution is -0.124. The second kappa shape index (κ2) is 8.04. The van der Waals surface area contributed by atoms with Crippen LogP contribution in [-0.2, 0) is 9.53 Å². The van der Waals surface area contributed by atoms with Crippen molar-refractivity contribution in [1.82, 2.24) is 14.9 Å². The smallest absolute Gasteiger partial charge is 0.410 e. The zero-order valence-electron chi connectivity index (χ0n) is 15.8. The quantitative estimate of drug-likeness (QED) is 0.795. The number of hydrogen-bond donors (Lipinski definition) is 0. The fraction of sp³-hybridized carbons (Fsp3) is 0.474. The number of nitrogens with zero attached hydrogens (tertiary/aromatic N) is 4. The molecule has 1 atom stereocenters. The summed E-state index contributed by atoms with van der Waals surface area (Å²) < 4.78 is 5.52. The number of likely N-dealkylation sites (tertiary alicyclic amines) is 1. The van der Waals surface area contributed by atoms with Crippen LogP contribution in [0.5, 0.6) is 0 Å². The minimum Gasteiger partial charge on any atom is -0.444 e. The lowest BCUT2D eigenvalue weighted by Gasteiger charge is -2.37. The topological polar surface area (TPSA) is 75.6 Å². The van der Waals surface area contributed by atoms with E-state index >= 15 is 0 Å². The highest BCUT2D eigenvalue weighted by molar-refractivity contribution is 7.13. The van der Waals surface area contributed by atoms with Crippen molar-refractivity contribution < 1.29 is 14.3 Å². The van der Waals surface area contributed by atoms with Gasteiger partial charge in [-0.3, -0.25) is 9.69 Å². The Labute approximate surface area is 163 Å². The highest BCUT2D eigenvalue weighted by atomic mass is 32.1. The maximum absolute atomic E-state index is 13.5. The monoisotopic (exact) mass is 388 g/mol. The van der Waals surface area contributed by atoms with Gasteiger partial charge in [-0.15, -0.1) is 11.3 Å². The summed E-state index contributed by atoms with van der Waals surface area (Å²) in [6.07, 6.45) is 5.15. The molecule has 8 heteroatoms. The Bertz CT molecular complexity index is 774. The molecular formula is C19H24N4O3S. The third kappa shape index (κ3) is 4.63. The number of thiazole rings is 1. The van der Waals surface area contributed by atoms with Crippen LogP contribution in [0.4, 0.5) is 15.7 Å². The van der Waals surface area contributed by atoms with E-state index in [0.717, 1.165) is 12.8 Å². The number of hydrogen-bond acceptors (Lipinski definition) is 6. The largest absolute Gasteiger partial charge is 0.444 e. The molecule has 1 fully saturated rings. The van der Waals surface area contributed by atoms with Crippen LogP contribution in [0.2, 0.25) is 0 Å². The minimum absolute atomic E-state index is 0.214. The van der Waals surface area contributed by atoms with Crippen LogP contribution in [0, 0.1) is 0 Å². The van der Waals surface area contributed by atoms with Gasteiger partial charge in [0.15, 0.2) is 5.13 Å². The van der Waals surface area contributed by atoms with Crippen LogP contribution in [0.3, 0.4) is 0 Å². The van der Waals surface area contributed by atoms with Gasteiger partial charge in [0.2, 0.25) is 0 Å². The fourth-order valence-corrected chi connectivity index (χ4v) is 3.65. The average Bonchev–Trinajstić information content (AvgIpc) is 3.15. The number of piperidine rings is 1. The molecule has 1 aliphatic heterocycles. The van der Waals surface area contributed by atoms with E-state index in [4.69, 9.17) is 4.74 Å². The Kier molecular flexibility index (Phi) is 5.74. The Balaban J connectivity index is 1.90. The van der Waals surface area contributed by atoms with Gasteiger partial charge in [-0.05, 0) is 52.2 Å². The number of anilines is 2. The van der Waals surface area contributed by atoms with Crippen molar-refractivity contribution in [3.8, 4) is 0 Å². The van der Waals surface area contributed by atoms with Crippen molar-refractivity contribution >= 4 is 34.3 Å². The lowest BCUT2D eigenvalue weighted by atomic mass is 10.0. The maximum atomic E-state index is 13.5. The van der Waals surface area contributed by atoms with Crippen molar-refractivity contribution in [3.63, 3.8) is 0 Å². The zero-order valence-corrected chi connectivity index (χ0v) is 16.6. The van der Waals surface area contributed by atoms with E-state index in [1.807, 2.05) is 32.2 Å². The first-order chi connectivity index (χ1) is 12.9. The summed E-state index contributed by atoms with van der Waals surface area (Å²) in [5.41, 5.74) is -0.613. The molecule has 0 N–H and O–H groups in total. The SMILES string of the molecule is CC(C)(C)OC(=O)N1CCCCC1C(=O)N(c1ccccn1)c1nccs1. The second-order valence-electron chi connectivity index (χ2n) is 7.36. The van der Waals surface area contributed by atoms with E-state index in [1.165, 1.54) is 16.2 Å². The van der Waals surface area contributed by atoms with E-state index in [1.54, 1.807) is 29.4 Å². The number of pyridine rings is 1. The molecule has 0 saturated carbocycles. The number of aromatic nitrogens is 2. The summed E-state index contributed by atoms with van der Waals surface area (Å²) in [7, 11) is 0. The molecule has 3 heterocycles. The average molecular weight is 388 g/mol. The normalized spacial score (nSPS) is 17.4. The van der Waals surface area contributed by atoms with Gasteiger partial charge in [0, 0.05) is 24.3 Å². The van der Waals surface area contributed by atoms with E-state index in [0.29, 0.717) is 23.9 Å². The Morgan fingerprint density at radius 2 is 2.04 bits per heavy atom. The maximum Gasteiger partial charge on any atom is 0.410 e. The van der Waals surface area contributed by atoms with Gasteiger partial charge in [0.25, 0.3) is 5.91 Å². The summed E-state index contributed by atoms with van der Waals surface area (Å²) in [5, 5.41) is 2.35. The Morgan fingerprint density at radius 3 is 2.67 bits per heavy atom. The van der Waals surface area contributed by atoms with Gasteiger partial charge in [-0.25, -0.2) is 19.7 Å². The highest BCUT2D eigenvalue weighted by Gasteiger charge is 2.38. The van der Waals surface area contributed by atoms with Crippen LogP contribution < -0.4 is 4.90 Å². The number of carbonyl (C=O) groups is 2. The molecule has 0 spiro atoms.